The second kappa shape index (κ2) is 2.94. The van der Waals surface area contributed by atoms with Crippen molar-refractivity contribution in [3.8, 4) is 0 Å². The van der Waals surface area contributed by atoms with Gasteiger partial charge in [-0.2, -0.15) is 0 Å². The van der Waals surface area contributed by atoms with Gasteiger partial charge in [0.25, 0.3) is 0 Å². The first-order chi connectivity index (χ1) is 5.75. The first-order valence-electron chi connectivity index (χ1n) is 3.70. The van der Waals surface area contributed by atoms with Crippen molar-refractivity contribution < 1.29 is 0 Å². The largest absolute Gasteiger partial charge is 0.399 e. The fourth-order valence-electron chi connectivity index (χ4n) is 1.24. The minimum atomic E-state index is 0.823. The molecular formula is C10H8IN. The van der Waals surface area contributed by atoms with Gasteiger partial charge in [-0.1, -0.05) is 12.1 Å². The minimum Gasteiger partial charge on any atom is -0.399 e. The summed E-state index contributed by atoms with van der Waals surface area (Å²) in [6.45, 7) is 0. The third kappa shape index (κ3) is 1.39. The topological polar surface area (TPSA) is 26.0 Å². The fraction of sp³-hybridized carbons (Fsp3) is 0. The molecule has 2 aromatic carbocycles. The van der Waals surface area contributed by atoms with Gasteiger partial charge in [0.05, 0.1) is 0 Å². The number of benzene rings is 2. The maximum Gasteiger partial charge on any atom is 0.0320 e. The lowest BCUT2D eigenvalue weighted by molar-refractivity contribution is 1.69. The number of halogens is 1. The molecule has 2 aromatic rings. The smallest absolute Gasteiger partial charge is 0.0320 e. The average molecular weight is 269 g/mol. The molecule has 12 heavy (non-hydrogen) atoms. The number of rotatable bonds is 0. The van der Waals surface area contributed by atoms with Crippen molar-refractivity contribution >= 4 is 39.1 Å². The fourth-order valence-corrected chi connectivity index (χ4v) is 1.75. The number of nitrogens with two attached hydrogens (primary N) is 1. The summed E-state index contributed by atoms with van der Waals surface area (Å²) in [5, 5.41) is 2.45. The predicted molar refractivity (Wildman–Crippen MR) is 61.1 cm³/mol. The highest BCUT2D eigenvalue weighted by Crippen LogP contribution is 2.19. The van der Waals surface area contributed by atoms with Crippen molar-refractivity contribution in [1.82, 2.24) is 0 Å². The third-order valence-electron chi connectivity index (χ3n) is 1.83. The Balaban J connectivity index is 2.79. The molecule has 0 aliphatic heterocycles. The van der Waals surface area contributed by atoms with Crippen molar-refractivity contribution in [2.24, 2.45) is 0 Å². The van der Waals surface area contributed by atoms with E-state index < -0.39 is 0 Å². The molecule has 0 saturated carbocycles. The molecule has 60 valence electrons. The number of hydrogen-bond acceptors (Lipinski definition) is 1. The van der Waals surface area contributed by atoms with Crippen LogP contribution in [0.2, 0.25) is 0 Å². The summed E-state index contributed by atoms with van der Waals surface area (Å²) in [6, 6.07) is 12.3. The highest BCUT2D eigenvalue weighted by molar-refractivity contribution is 14.1. The summed E-state index contributed by atoms with van der Waals surface area (Å²) >= 11 is 2.31. The Hall–Kier alpha value is -0.770. The lowest BCUT2D eigenvalue weighted by Crippen LogP contribution is -1.83. The van der Waals surface area contributed by atoms with E-state index in [9.17, 15) is 0 Å². The van der Waals surface area contributed by atoms with Crippen LogP contribution in [-0.2, 0) is 0 Å². The van der Waals surface area contributed by atoms with Gasteiger partial charge in [0.1, 0.15) is 0 Å². The van der Waals surface area contributed by atoms with Crippen molar-refractivity contribution in [2.45, 2.75) is 0 Å². The van der Waals surface area contributed by atoms with E-state index in [1.54, 1.807) is 0 Å². The van der Waals surface area contributed by atoms with E-state index in [4.69, 9.17) is 5.73 Å². The Bertz CT molecular complexity index is 382. The van der Waals surface area contributed by atoms with Gasteiger partial charge in [-0.3, -0.25) is 0 Å². The number of anilines is 1. The number of hydrogen-bond donors (Lipinski definition) is 1. The van der Waals surface area contributed by atoms with Crippen LogP contribution >= 0.6 is 22.6 Å². The molecule has 1 nitrogen and oxygen atoms in total. The minimum absolute atomic E-state index is 0.823. The SMILES string of the molecule is Nc1ccc2cc(I)ccc2c1. The van der Waals surface area contributed by atoms with E-state index in [0.29, 0.717) is 0 Å². The van der Waals surface area contributed by atoms with Crippen molar-refractivity contribution in [3.63, 3.8) is 0 Å². The normalized spacial score (nSPS) is 10.4. The summed E-state index contributed by atoms with van der Waals surface area (Å²) in [7, 11) is 0. The Morgan fingerprint density at radius 1 is 0.917 bits per heavy atom. The van der Waals surface area contributed by atoms with Crippen molar-refractivity contribution in [2.75, 3.05) is 5.73 Å². The maximum atomic E-state index is 5.66. The lowest BCUT2D eigenvalue weighted by Gasteiger charge is -1.99. The molecular weight excluding hydrogens is 261 g/mol. The number of nitrogen functional groups attached to an aromatic ring is 1. The first-order valence-corrected chi connectivity index (χ1v) is 4.78. The first kappa shape index (κ1) is 7.86. The third-order valence-corrected chi connectivity index (χ3v) is 2.50. The Labute approximate surface area is 84.7 Å². The van der Waals surface area contributed by atoms with E-state index in [1.165, 1.54) is 14.3 Å². The van der Waals surface area contributed by atoms with Crippen LogP contribution in [0.4, 0.5) is 5.69 Å². The Kier molecular flexibility index (Phi) is 1.92. The standard InChI is InChI=1S/C10H8IN/c11-9-3-1-8-6-10(12)4-2-7(8)5-9/h1-6H,12H2. The van der Waals surface area contributed by atoms with Gasteiger partial charge in [-0.05, 0) is 57.6 Å². The predicted octanol–water partition coefficient (Wildman–Crippen LogP) is 3.03. The van der Waals surface area contributed by atoms with Gasteiger partial charge < -0.3 is 5.73 Å². The number of fused-ring (bicyclic) bond motifs is 1. The van der Waals surface area contributed by atoms with Crippen LogP contribution in [0.3, 0.4) is 0 Å². The van der Waals surface area contributed by atoms with Crippen LogP contribution in [0.25, 0.3) is 10.8 Å². The average Bonchev–Trinajstić information content (AvgIpc) is 2.05. The molecule has 0 aromatic heterocycles. The van der Waals surface area contributed by atoms with Crippen molar-refractivity contribution in [1.29, 1.82) is 0 Å². The molecule has 0 amide bonds. The quantitative estimate of drug-likeness (QED) is 0.577. The van der Waals surface area contributed by atoms with Crippen LogP contribution in [0.5, 0.6) is 0 Å². The molecule has 0 aliphatic carbocycles. The second-order valence-corrected chi connectivity index (χ2v) is 4.00. The molecule has 0 aliphatic rings. The zero-order chi connectivity index (χ0) is 8.55. The zero-order valence-electron chi connectivity index (χ0n) is 6.42. The van der Waals surface area contributed by atoms with Crippen LogP contribution < -0.4 is 5.73 Å². The Morgan fingerprint density at radius 2 is 1.58 bits per heavy atom. The van der Waals surface area contributed by atoms with E-state index in [-0.39, 0.29) is 0 Å². The molecule has 0 fully saturated rings. The summed E-state index contributed by atoms with van der Waals surface area (Å²) in [5.41, 5.74) is 6.48. The van der Waals surface area contributed by atoms with Gasteiger partial charge in [0.2, 0.25) is 0 Å². The van der Waals surface area contributed by atoms with Gasteiger partial charge in [0.15, 0.2) is 0 Å². The lowest BCUT2D eigenvalue weighted by atomic mass is 10.1. The Morgan fingerprint density at radius 3 is 2.42 bits per heavy atom. The van der Waals surface area contributed by atoms with Crippen molar-refractivity contribution in [3.05, 3.63) is 40.0 Å². The molecule has 2 heteroatoms. The van der Waals surface area contributed by atoms with Crippen LogP contribution in [0, 0.1) is 3.57 Å². The van der Waals surface area contributed by atoms with E-state index >= 15 is 0 Å². The molecule has 0 radical (unpaired) electrons. The van der Waals surface area contributed by atoms with E-state index in [0.717, 1.165) is 5.69 Å². The summed E-state index contributed by atoms with van der Waals surface area (Å²) in [4.78, 5) is 0. The highest BCUT2D eigenvalue weighted by Gasteiger charge is 1.93. The van der Waals surface area contributed by atoms with Crippen LogP contribution in [0.15, 0.2) is 36.4 Å². The van der Waals surface area contributed by atoms with E-state index in [1.807, 2.05) is 18.2 Å². The molecule has 2 N–H and O–H groups in total. The monoisotopic (exact) mass is 269 g/mol. The molecule has 0 atom stereocenters. The zero-order valence-corrected chi connectivity index (χ0v) is 8.58. The van der Waals surface area contributed by atoms with Gasteiger partial charge in [0, 0.05) is 9.26 Å². The molecule has 0 saturated heterocycles. The van der Waals surface area contributed by atoms with E-state index in [2.05, 4.69) is 40.8 Å². The summed E-state index contributed by atoms with van der Waals surface area (Å²) < 4.78 is 1.25. The van der Waals surface area contributed by atoms with Crippen LogP contribution in [0.1, 0.15) is 0 Å². The van der Waals surface area contributed by atoms with Gasteiger partial charge in [-0.25, -0.2) is 0 Å². The van der Waals surface area contributed by atoms with Crippen LogP contribution in [-0.4, -0.2) is 0 Å². The molecule has 0 unspecified atom stereocenters. The van der Waals surface area contributed by atoms with Gasteiger partial charge in [-0.15, -0.1) is 0 Å². The summed E-state index contributed by atoms with van der Waals surface area (Å²) in [5.74, 6) is 0. The molecule has 2 rings (SSSR count). The molecule has 0 spiro atoms. The molecule has 0 heterocycles. The molecule has 0 bridgehead atoms. The second-order valence-electron chi connectivity index (χ2n) is 2.75. The van der Waals surface area contributed by atoms with Gasteiger partial charge >= 0.3 is 0 Å². The summed E-state index contributed by atoms with van der Waals surface area (Å²) in [6.07, 6.45) is 0. The maximum absolute atomic E-state index is 5.66. The highest BCUT2D eigenvalue weighted by atomic mass is 127.